The lowest BCUT2D eigenvalue weighted by atomic mass is 10.2. The zero-order valence-corrected chi connectivity index (χ0v) is 12.3. The van der Waals surface area contributed by atoms with E-state index in [1.54, 1.807) is 0 Å². The zero-order chi connectivity index (χ0) is 11.8. The lowest BCUT2D eigenvalue weighted by Crippen LogP contribution is -2.29. The SMILES string of the molecule is CCCNCCN(C)Cc1ccccc1I. The smallest absolute Gasteiger partial charge is 0.0241 e. The predicted molar refractivity (Wildman–Crippen MR) is 78.7 cm³/mol. The molecule has 16 heavy (non-hydrogen) atoms. The molecule has 0 aromatic heterocycles. The van der Waals surface area contributed by atoms with E-state index in [0.717, 1.165) is 26.2 Å². The van der Waals surface area contributed by atoms with E-state index in [1.165, 1.54) is 15.6 Å². The molecule has 1 aromatic carbocycles. The monoisotopic (exact) mass is 332 g/mol. The predicted octanol–water partition coefficient (Wildman–Crippen LogP) is 2.72. The minimum Gasteiger partial charge on any atom is -0.315 e. The standard InChI is InChI=1S/C13H21IN2/c1-3-8-15-9-10-16(2)11-12-6-4-5-7-13(12)14/h4-7,15H,3,8-11H2,1-2H3. The van der Waals surface area contributed by atoms with Crippen molar-refractivity contribution in [1.29, 1.82) is 0 Å². The molecule has 1 aromatic rings. The number of nitrogens with zero attached hydrogens (tertiary/aromatic N) is 1. The Kier molecular flexibility index (Phi) is 7.00. The molecule has 1 rings (SSSR count). The van der Waals surface area contributed by atoms with Crippen LogP contribution >= 0.6 is 22.6 Å². The lowest BCUT2D eigenvalue weighted by Gasteiger charge is -2.17. The summed E-state index contributed by atoms with van der Waals surface area (Å²) in [5.74, 6) is 0. The molecule has 2 nitrogen and oxygen atoms in total. The Labute approximate surface area is 113 Å². The van der Waals surface area contributed by atoms with Crippen molar-refractivity contribution in [2.75, 3.05) is 26.7 Å². The van der Waals surface area contributed by atoms with Gasteiger partial charge in [0.05, 0.1) is 0 Å². The third-order valence-corrected chi connectivity index (χ3v) is 3.55. The molecule has 0 aliphatic rings. The van der Waals surface area contributed by atoms with Crippen LogP contribution in [0.25, 0.3) is 0 Å². The molecule has 0 bridgehead atoms. The fraction of sp³-hybridized carbons (Fsp3) is 0.538. The molecule has 0 unspecified atom stereocenters. The van der Waals surface area contributed by atoms with Gasteiger partial charge in [-0.3, -0.25) is 0 Å². The largest absolute Gasteiger partial charge is 0.315 e. The number of benzene rings is 1. The highest BCUT2D eigenvalue weighted by Gasteiger charge is 2.02. The van der Waals surface area contributed by atoms with Crippen molar-refractivity contribution in [3.05, 3.63) is 33.4 Å². The highest BCUT2D eigenvalue weighted by atomic mass is 127. The Morgan fingerprint density at radius 1 is 1.25 bits per heavy atom. The third-order valence-electron chi connectivity index (χ3n) is 2.50. The van der Waals surface area contributed by atoms with Crippen LogP contribution in [0.4, 0.5) is 0 Å². The number of hydrogen-bond donors (Lipinski definition) is 1. The molecule has 0 aliphatic carbocycles. The maximum atomic E-state index is 3.42. The van der Waals surface area contributed by atoms with Crippen LogP contribution in [0.3, 0.4) is 0 Å². The molecular weight excluding hydrogens is 311 g/mol. The Hall–Kier alpha value is -0.130. The van der Waals surface area contributed by atoms with Gasteiger partial charge in [-0.25, -0.2) is 0 Å². The van der Waals surface area contributed by atoms with Gasteiger partial charge in [0.15, 0.2) is 0 Å². The third kappa shape index (κ3) is 5.27. The van der Waals surface area contributed by atoms with Crippen molar-refractivity contribution in [1.82, 2.24) is 10.2 Å². The van der Waals surface area contributed by atoms with Crippen LogP contribution < -0.4 is 5.32 Å². The van der Waals surface area contributed by atoms with Crippen molar-refractivity contribution in [2.24, 2.45) is 0 Å². The fourth-order valence-corrected chi connectivity index (χ4v) is 2.13. The van der Waals surface area contributed by atoms with E-state index >= 15 is 0 Å². The van der Waals surface area contributed by atoms with E-state index in [0.29, 0.717) is 0 Å². The summed E-state index contributed by atoms with van der Waals surface area (Å²) in [7, 11) is 2.18. The van der Waals surface area contributed by atoms with Crippen LogP contribution in [0.1, 0.15) is 18.9 Å². The van der Waals surface area contributed by atoms with Gasteiger partial charge in [-0.1, -0.05) is 25.1 Å². The van der Waals surface area contributed by atoms with Gasteiger partial charge in [-0.15, -0.1) is 0 Å². The maximum Gasteiger partial charge on any atom is 0.0241 e. The molecule has 0 aliphatic heterocycles. The first kappa shape index (κ1) is 13.9. The molecule has 1 N–H and O–H groups in total. The second-order valence-corrected chi connectivity index (χ2v) is 5.24. The Morgan fingerprint density at radius 2 is 2.00 bits per heavy atom. The topological polar surface area (TPSA) is 15.3 Å². The molecular formula is C13H21IN2. The summed E-state index contributed by atoms with van der Waals surface area (Å²) in [4.78, 5) is 2.36. The van der Waals surface area contributed by atoms with Gasteiger partial charge in [-0.2, -0.15) is 0 Å². The molecule has 0 amide bonds. The minimum atomic E-state index is 1.03. The summed E-state index contributed by atoms with van der Waals surface area (Å²) in [5.41, 5.74) is 1.42. The van der Waals surface area contributed by atoms with E-state index in [9.17, 15) is 0 Å². The average molecular weight is 332 g/mol. The van der Waals surface area contributed by atoms with Crippen molar-refractivity contribution >= 4 is 22.6 Å². The van der Waals surface area contributed by atoms with Crippen LogP contribution in [0.15, 0.2) is 24.3 Å². The van der Waals surface area contributed by atoms with E-state index in [-0.39, 0.29) is 0 Å². The molecule has 90 valence electrons. The van der Waals surface area contributed by atoms with E-state index in [4.69, 9.17) is 0 Å². The second kappa shape index (κ2) is 8.03. The van der Waals surface area contributed by atoms with Crippen LogP contribution in [0, 0.1) is 3.57 Å². The number of halogens is 1. The van der Waals surface area contributed by atoms with Gasteiger partial charge in [0.1, 0.15) is 0 Å². The minimum absolute atomic E-state index is 1.03. The summed E-state index contributed by atoms with van der Waals surface area (Å²) in [6.07, 6.45) is 1.21. The molecule has 3 heteroatoms. The van der Waals surface area contributed by atoms with Gasteiger partial charge in [-0.05, 0) is 54.2 Å². The fourth-order valence-electron chi connectivity index (χ4n) is 1.57. The average Bonchev–Trinajstić information content (AvgIpc) is 2.28. The summed E-state index contributed by atoms with van der Waals surface area (Å²) in [5, 5.41) is 3.42. The van der Waals surface area contributed by atoms with Gasteiger partial charge in [0, 0.05) is 23.2 Å². The second-order valence-electron chi connectivity index (χ2n) is 4.08. The first-order valence-electron chi connectivity index (χ1n) is 5.86. The van der Waals surface area contributed by atoms with Gasteiger partial charge < -0.3 is 10.2 Å². The molecule has 0 saturated carbocycles. The number of nitrogens with one attached hydrogen (secondary N) is 1. The van der Waals surface area contributed by atoms with Gasteiger partial charge in [0.25, 0.3) is 0 Å². The van der Waals surface area contributed by atoms with E-state index in [2.05, 4.69) is 71.0 Å². The van der Waals surface area contributed by atoms with Crippen molar-refractivity contribution in [3.63, 3.8) is 0 Å². The maximum absolute atomic E-state index is 3.42. The summed E-state index contributed by atoms with van der Waals surface area (Å²) < 4.78 is 1.36. The summed E-state index contributed by atoms with van der Waals surface area (Å²) in [6, 6.07) is 8.57. The highest BCUT2D eigenvalue weighted by molar-refractivity contribution is 14.1. The van der Waals surface area contributed by atoms with Gasteiger partial charge >= 0.3 is 0 Å². The molecule has 0 fully saturated rings. The first-order chi connectivity index (χ1) is 7.74. The zero-order valence-electron chi connectivity index (χ0n) is 10.2. The van der Waals surface area contributed by atoms with Crippen molar-refractivity contribution < 1.29 is 0 Å². The van der Waals surface area contributed by atoms with Gasteiger partial charge in [0.2, 0.25) is 0 Å². The van der Waals surface area contributed by atoms with E-state index < -0.39 is 0 Å². The highest BCUT2D eigenvalue weighted by Crippen LogP contribution is 2.12. The number of likely N-dealkylation sites (N-methyl/N-ethyl adjacent to an activating group) is 1. The molecule has 0 heterocycles. The van der Waals surface area contributed by atoms with Crippen LogP contribution in [-0.2, 0) is 6.54 Å². The Bertz CT molecular complexity index is 302. The molecule has 0 saturated heterocycles. The Morgan fingerprint density at radius 3 is 2.69 bits per heavy atom. The van der Waals surface area contributed by atoms with E-state index in [1.807, 2.05) is 0 Å². The van der Waals surface area contributed by atoms with Crippen LogP contribution in [-0.4, -0.2) is 31.6 Å². The summed E-state index contributed by atoms with van der Waals surface area (Å²) >= 11 is 2.40. The lowest BCUT2D eigenvalue weighted by molar-refractivity contribution is 0.324. The molecule has 0 spiro atoms. The van der Waals surface area contributed by atoms with Crippen LogP contribution in [0.5, 0.6) is 0 Å². The normalized spacial score (nSPS) is 11.0. The first-order valence-corrected chi connectivity index (χ1v) is 6.94. The quantitative estimate of drug-likeness (QED) is 0.610. The Balaban J connectivity index is 2.28. The van der Waals surface area contributed by atoms with Crippen LogP contribution in [0.2, 0.25) is 0 Å². The number of rotatable bonds is 7. The molecule has 0 radical (unpaired) electrons. The van der Waals surface area contributed by atoms with Crippen molar-refractivity contribution in [2.45, 2.75) is 19.9 Å². The summed E-state index contributed by atoms with van der Waals surface area (Å²) in [6.45, 7) is 6.53. The molecule has 0 atom stereocenters. The van der Waals surface area contributed by atoms with Crippen molar-refractivity contribution in [3.8, 4) is 0 Å². The number of hydrogen-bond acceptors (Lipinski definition) is 2.